The smallest absolute Gasteiger partial charge is 0.311 e. The van der Waals surface area contributed by atoms with Crippen molar-refractivity contribution in [2.45, 2.75) is 12.0 Å². The molecule has 0 atom stereocenters. The Balaban J connectivity index is 2.04. The summed E-state index contributed by atoms with van der Waals surface area (Å²) in [7, 11) is 0. The van der Waals surface area contributed by atoms with E-state index in [1.807, 2.05) is 54.6 Å². The Labute approximate surface area is 162 Å². The van der Waals surface area contributed by atoms with Gasteiger partial charge in [0.25, 0.3) is 0 Å². The van der Waals surface area contributed by atoms with Crippen LogP contribution in [-0.4, -0.2) is 25.8 Å². The lowest BCUT2D eigenvalue weighted by Crippen LogP contribution is -2.38. The molecule has 1 heterocycles. The number of carbonyl (C=O) groups is 1. The summed E-state index contributed by atoms with van der Waals surface area (Å²) in [6.07, 6.45) is 1.40. The Kier molecular flexibility index (Phi) is 4.72. The number of rotatable bonds is 6. The van der Waals surface area contributed by atoms with Gasteiger partial charge in [-0.15, -0.1) is 0 Å². The molecule has 0 aliphatic heterocycles. The maximum atomic E-state index is 11.1. The number of carboxylic acid groups (broad SMARTS) is 1. The molecule has 138 valence electrons. The molecule has 0 saturated heterocycles. The Bertz CT molecular complexity index is 964. The van der Waals surface area contributed by atoms with E-state index in [9.17, 15) is 4.79 Å². The maximum absolute atomic E-state index is 11.1. The second-order valence-electron chi connectivity index (χ2n) is 6.48. The molecule has 1 N–H and O–H groups in total. The second-order valence-corrected chi connectivity index (χ2v) is 6.48. The number of hydrogen-bond acceptors (Lipinski definition) is 3. The molecule has 5 heteroatoms. The van der Waals surface area contributed by atoms with E-state index in [1.165, 1.54) is 0 Å². The molecule has 5 nitrogen and oxygen atoms in total. The normalized spacial score (nSPS) is 11.3. The molecular formula is C23H19N3O2. The number of nitrogens with zero attached hydrogens (tertiary/aromatic N) is 3. The first-order valence-electron chi connectivity index (χ1n) is 9.00. The molecule has 0 bridgehead atoms. The van der Waals surface area contributed by atoms with Gasteiger partial charge in [-0.05, 0) is 16.7 Å². The van der Waals surface area contributed by atoms with Crippen LogP contribution in [0.5, 0.6) is 0 Å². The van der Waals surface area contributed by atoms with Crippen LogP contribution in [0.4, 0.5) is 0 Å². The van der Waals surface area contributed by atoms with E-state index < -0.39 is 11.5 Å². The second kappa shape index (κ2) is 7.48. The summed E-state index contributed by atoms with van der Waals surface area (Å²) in [5.74, 6) is -0.679. The summed E-state index contributed by atoms with van der Waals surface area (Å²) in [6, 6.07) is 30.2. The third-order valence-corrected chi connectivity index (χ3v) is 4.77. The van der Waals surface area contributed by atoms with E-state index in [2.05, 4.69) is 46.5 Å². The fraction of sp³-hybridized carbons (Fsp3) is 0.0870. The van der Waals surface area contributed by atoms with Gasteiger partial charge in [-0.1, -0.05) is 91.0 Å². The first-order valence-corrected chi connectivity index (χ1v) is 9.00. The van der Waals surface area contributed by atoms with Gasteiger partial charge in [-0.3, -0.25) is 4.79 Å². The minimum absolute atomic E-state index is 0.221. The van der Waals surface area contributed by atoms with Crippen LogP contribution in [0, 0.1) is 0 Å². The van der Waals surface area contributed by atoms with Crippen molar-refractivity contribution in [3.05, 3.63) is 120 Å². The molecule has 0 spiro atoms. The van der Waals surface area contributed by atoms with Crippen molar-refractivity contribution in [1.82, 2.24) is 14.8 Å². The fourth-order valence-corrected chi connectivity index (χ4v) is 3.61. The largest absolute Gasteiger partial charge is 0.481 e. The van der Waals surface area contributed by atoms with Gasteiger partial charge < -0.3 is 5.11 Å². The van der Waals surface area contributed by atoms with E-state index in [0.717, 1.165) is 16.7 Å². The molecule has 28 heavy (non-hydrogen) atoms. The SMILES string of the molecule is O=C(O)Cc1ncn(C(c2ccccc2)(c2ccccc2)c2ccccc2)n1. The number of hydrogen-bond donors (Lipinski definition) is 1. The van der Waals surface area contributed by atoms with Crippen LogP contribution in [0.15, 0.2) is 97.3 Å². The van der Waals surface area contributed by atoms with Crippen molar-refractivity contribution < 1.29 is 9.90 Å². The van der Waals surface area contributed by atoms with Gasteiger partial charge in [0, 0.05) is 0 Å². The molecule has 0 unspecified atom stereocenters. The van der Waals surface area contributed by atoms with Crippen LogP contribution in [0.2, 0.25) is 0 Å². The lowest BCUT2D eigenvalue weighted by molar-refractivity contribution is -0.136. The number of carboxylic acids is 1. The van der Waals surface area contributed by atoms with Gasteiger partial charge in [-0.2, -0.15) is 5.10 Å². The van der Waals surface area contributed by atoms with E-state index >= 15 is 0 Å². The molecule has 3 aromatic carbocycles. The first kappa shape index (κ1) is 17.7. The van der Waals surface area contributed by atoms with Gasteiger partial charge in [0.15, 0.2) is 5.82 Å². The highest BCUT2D eigenvalue weighted by molar-refractivity contribution is 5.68. The minimum Gasteiger partial charge on any atom is -0.481 e. The van der Waals surface area contributed by atoms with Gasteiger partial charge in [0.05, 0.1) is 0 Å². The average Bonchev–Trinajstić information content (AvgIpc) is 3.19. The predicted molar refractivity (Wildman–Crippen MR) is 106 cm³/mol. The van der Waals surface area contributed by atoms with Crippen molar-refractivity contribution in [3.8, 4) is 0 Å². The van der Waals surface area contributed by atoms with Gasteiger partial charge in [0.1, 0.15) is 18.3 Å². The zero-order valence-corrected chi connectivity index (χ0v) is 15.1. The summed E-state index contributed by atoms with van der Waals surface area (Å²) in [4.78, 5) is 15.4. The van der Waals surface area contributed by atoms with Crippen molar-refractivity contribution in [3.63, 3.8) is 0 Å². The lowest BCUT2D eigenvalue weighted by Gasteiger charge is -2.35. The molecule has 1 aromatic heterocycles. The van der Waals surface area contributed by atoms with Crippen LogP contribution < -0.4 is 0 Å². The molecule has 0 aliphatic rings. The Morgan fingerprint density at radius 3 is 1.61 bits per heavy atom. The minimum atomic E-state index is -0.956. The molecule has 0 aliphatic carbocycles. The molecule has 0 amide bonds. The summed E-state index contributed by atoms with van der Waals surface area (Å²) in [5, 5.41) is 13.7. The zero-order valence-electron chi connectivity index (χ0n) is 15.1. The Hall–Kier alpha value is -3.73. The summed E-state index contributed by atoms with van der Waals surface area (Å²) < 4.78 is 1.77. The molecule has 0 fully saturated rings. The van der Waals surface area contributed by atoms with Crippen LogP contribution in [0.25, 0.3) is 0 Å². The quantitative estimate of drug-likeness (QED) is 0.526. The van der Waals surface area contributed by atoms with E-state index in [0.29, 0.717) is 0 Å². The summed E-state index contributed by atoms with van der Waals surface area (Å²) >= 11 is 0. The van der Waals surface area contributed by atoms with E-state index in [4.69, 9.17) is 5.11 Å². The number of aromatic nitrogens is 3. The first-order chi connectivity index (χ1) is 13.7. The highest BCUT2D eigenvalue weighted by Gasteiger charge is 2.39. The monoisotopic (exact) mass is 369 g/mol. The predicted octanol–water partition coefficient (Wildman–Crippen LogP) is 3.75. The Morgan fingerprint density at radius 2 is 1.21 bits per heavy atom. The van der Waals surface area contributed by atoms with Gasteiger partial charge >= 0.3 is 5.97 Å². The molecule has 0 saturated carbocycles. The van der Waals surface area contributed by atoms with Crippen molar-refractivity contribution >= 4 is 5.97 Å². The van der Waals surface area contributed by atoms with Gasteiger partial charge in [0.2, 0.25) is 0 Å². The van der Waals surface area contributed by atoms with E-state index in [-0.39, 0.29) is 12.2 Å². The topological polar surface area (TPSA) is 68.0 Å². The maximum Gasteiger partial charge on any atom is 0.311 e. The average molecular weight is 369 g/mol. The third kappa shape index (κ3) is 3.07. The standard InChI is InChI=1S/C23H19N3O2/c27-22(28)16-21-24-17-26(25-21)23(18-10-4-1-5-11-18,19-12-6-2-7-13-19)20-14-8-3-9-15-20/h1-15,17H,16H2,(H,27,28). The zero-order chi connectivity index (χ0) is 19.4. The van der Waals surface area contributed by atoms with Crippen molar-refractivity contribution in [2.24, 2.45) is 0 Å². The summed E-state index contributed by atoms with van der Waals surface area (Å²) in [6.45, 7) is 0. The van der Waals surface area contributed by atoms with Crippen LogP contribution >= 0.6 is 0 Å². The molecule has 4 aromatic rings. The highest BCUT2D eigenvalue weighted by atomic mass is 16.4. The Morgan fingerprint density at radius 1 is 0.786 bits per heavy atom. The van der Waals surface area contributed by atoms with E-state index in [1.54, 1.807) is 11.0 Å². The van der Waals surface area contributed by atoms with Crippen molar-refractivity contribution in [1.29, 1.82) is 0 Å². The molecular weight excluding hydrogens is 350 g/mol. The van der Waals surface area contributed by atoms with Crippen LogP contribution in [0.1, 0.15) is 22.5 Å². The third-order valence-electron chi connectivity index (χ3n) is 4.77. The number of benzene rings is 3. The van der Waals surface area contributed by atoms with Crippen molar-refractivity contribution in [2.75, 3.05) is 0 Å². The van der Waals surface area contributed by atoms with Crippen LogP contribution in [-0.2, 0) is 16.8 Å². The molecule has 0 radical (unpaired) electrons. The molecule has 4 rings (SSSR count). The lowest BCUT2D eigenvalue weighted by atomic mass is 9.77. The summed E-state index contributed by atoms with van der Waals surface area (Å²) in [5.41, 5.74) is 2.27. The van der Waals surface area contributed by atoms with Crippen LogP contribution in [0.3, 0.4) is 0 Å². The highest BCUT2D eigenvalue weighted by Crippen LogP contribution is 2.39. The number of aliphatic carboxylic acids is 1. The van der Waals surface area contributed by atoms with Gasteiger partial charge in [-0.25, -0.2) is 9.67 Å². The fourth-order valence-electron chi connectivity index (χ4n) is 3.61.